The summed E-state index contributed by atoms with van der Waals surface area (Å²) in [6.07, 6.45) is 15.3. The van der Waals surface area contributed by atoms with E-state index in [2.05, 4.69) is 38.1 Å². The standard InChI is InChI=1S/C27H34.2ClH.Zr/c1-18-13-22-15-23-14-19(2)25(21-11-7-4-8-12-21)17-27(23)26(22)16-24(18)20-9-5-3-6-10-20;;;/h13-14,16-17,20-21H,3-12,15H2,1-2H3;2*1H;/q;;;+2/p-2. The summed E-state index contributed by atoms with van der Waals surface area (Å²) in [5.74, 6) is 1.60. The Morgan fingerprint density at radius 3 is 1.37 bits per heavy atom. The van der Waals surface area contributed by atoms with Gasteiger partial charge in [0.25, 0.3) is 0 Å². The van der Waals surface area contributed by atoms with Gasteiger partial charge in [0.1, 0.15) is 0 Å². The monoisotopic (exact) mass is 518 g/mol. The summed E-state index contributed by atoms with van der Waals surface area (Å²) in [5, 5.41) is 0. The first-order valence-electron chi connectivity index (χ1n) is 11.9. The van der Waals surface area contributed by atoms with Crippen LogP contribution in [0.4, 0.5) is 0 Å². The molecule has 0 bridgehead atoms. The first-order valence-corrected chi connectivity index (χ1v) is 18.2. The van der Waals surface area contributed by atoms with E-state index in [4.69, 9.17) is 17.0 Å². The van der Waals surface area contributed by atoms with Crippen molar-refractivity contribution < 1.29 is 20.8 Å². The Morgan fingerprint density at radius 1 is 0.633 bits per heavy atom. The SMILES string of the molecule is Cc1cc2c(cc1C1CCCCC1)-c1cc(C3CCCCC3)c(C)cc1C2.[Cl][Zr][Cl]. The average Bonchev–Trinajstić information content (AvgIpc) is 3.10. The molecule has 0 saturated heterocycles. The van der Waals surface area contributed by atoms with Gasteiger partial charge in [-0.15, -0.1) is 0 Å². The van der Waals surface area contributed by atoms with E-state index in [-0.39, 0.29) is 0 Å². The van der Waals surface area contributed by atoms with Crippen molar-refractivity contribution in [3.8, 4) is 11.1 Å². The maximum atomic E-state index is 4.93. The number of halogens is 2. The third-order valence-corrected chi connectivity index (χ3v) is 7.74. The van der Waals surface area contributed by atoms with Gasteiger partial charge in [-0.25, -0.2) is 0 Å². The molecule has 5 rings (SSSR count). The fourth-order valence-corrected chi connectivity index (χ4v) is 6.27. The fourth-order valence-electron chi connectivity index (χ4n) is 6.27. The van der Waals surface area contributed by atoms with E-state index in [9.17, 15) is 0 Å². The minimum atomic E-state index is -0.826. The summed E-state index contributed by atoms with van der Waals surface area (Å²) < 4.78 is 0. The molecule has 160 valence electrons. The van der Waals surface area contributed by atoms with Gasteiger partial charge in [-0.2, -0.15) is 0 Å². The van der Waals surface area contributed by atoms with Crippen molar-refractivity contribution in [2.45, 2.75) is 96.3 Å². The first-order chi connectivity index (χ1) is 14.6. The minimum absolute atomic E-state index is 0.802. The van der Waals surface area contributed by atoms with Gasteiger partial charge >= 0.3 is 37.9 Å². The summed E-state index contributed by atoms with van der Waals surface area (Å²) >= 11 is -0.826. The van der Waals surface area contributed by atoms with Crippen LogP contribution in [0.1, 0.15) is 109 Å². The molecule has 3 aliphatic carbocycles. The van der Waals surface area contributed by atoms with Crippen LogP contribution in [-0.2, 0) is 27.3 Å². The zero-order valence-electron chi connectivity index (χ0n) is 18.5. The van der Waals surface area contributed by atoms with E-state index in [0.29, 0.717) is 0 Å². The molecule has 0 aromatic heterocycles. The van der Waals surface area contributed by atoms with Crippen LogP contribution in [0.3, 0.4) is 0 Å². The quantitative estimate of drug-likeness (QED) is 0.316. The van der Waals surface area contributed by atoms with E-state index in [1.54, 1.807) is 33.4 Å². The number of aryl methyl sites for hydroxylation is 2. The van der Waals surface area contributed by atoms with Gasteiger partial charge in [-0.05, 0) is 102 Å². The summed E-state index contributed by atoms with van der Waals surface area (Å²) in [6, 6.07) is 10.3. The van der Waals surface area contributed by atoms with Gasteiger partial charge < -0.3 is 0 Å². The molecule has 0 heterocycles. The third kappa shape index (κ3) is 4.95. The molecule has 0 atom stereocenters. The van der Waals surface area contributed by atoms with E-state index in [1.807, 2.05) is 0 Å². The Balaban J connectivity index is 0.000000687. The normalized spacial score (nSPS) is 18.9. The molecule has 2 fully saturated rings. The molecule has 2 aromatic rings. The predicted molar refractivity (Wildman–Crippen MR) is 128 cm³/mol. The van der Waals surface area contributed by atoms with E-state index in [0.717, 1.165) is 18.3 Å². The maximum absolute atomic E-state index is 4.93. The van der Waals surface area contributed by atoms with Crippen molar-refractivity contribution in [1.82, 2.24) is 0 Å². The molecule has 0 nitrogen and oxygen atoms in total. The molecule has 3 heteroatoms. The second-order valence-electron chi connectivity index (χ2n) is 9.65. The summed E-state index contributed by atoms with van der Waals surface area (Å²) in [4.78, 5) is 0. The molecule has 0 unspecified atom stereocenters. The summed E-state index contributed by atoms with van der Waals surface area (Å²) in [7, 11) is 9.87. The molecule has 0 amide bonds. The number of hydrogen-bond donors (Lipinski definition) is 0. The zero-order valence-corrected chi connectivity index (χ0v) is 22.5. The molecular weight excluding hydrogens is 486 g/mol. The Bertz CT molecular complexity index is 805. The van der Waals surface area contributed by atoms with Gasteiger partial charge in [0.2, 0.25) is 0 Å². The zero-order chi connectivity index (χ0) is 21.1. The van der Waals surface area contributed by atoms with E-state index >= 15 is 0 Å². The Morgan fingerprint density at radius 2 is 1.00 bits per heavy atom. The van der Waals surface area contributed by atoms with Gasteiger partial charge in [-0.3, -0.25) is 0 Å². The van der Waals surface area contributed by atoms with Crippen molar-refractivity contribution >= 4 is 17.0 Å². The van der Waals surface area contributed by atoms with Crippen LogP contribution in [0.15, 0.2) is 24.3 Å². The van der Waals surface area contributed by atoms with Crippen LogP contribution in [0.2, 0.25) is 0 Å². The second-order valence-corrected chi connectivity index (χ2v) is 13.4. The van der Waals surface area contributed by atoms with Crippen LogP contribution in [0.5, 0.6) is 0 Å². The third-order valence-electron chi connectivity index (χ3n) is 7.74. The fraction of sp³-hybridized carbons (Fsp3) is 0.556. The molecule has 30 heavy (non-hydrogen) atoms. The van der Waals surface area contributed by atoms with Gasteiger partial charge in [0, 0.05) is 0 Å². The van der Waals surface area contributed by atoms with Crippen LogP contribution in [-0.4, -0.2) is 0 Å². The number of fused-ring (bicyclic) bond motifs is 3. The van der Waals surface area contributed by atoms with Crippen LogP contribution in [0.25, 0.3) is 11.1 Å². The van der Waals surface area contributed by atoms with Crippen LogP contribution < -0.4 is 0 Å². The predicted octanol–water partition coefficient (Wildman–Crippen LogP) is 9.35. The van der Waals surface area contributed by atoms with Crippen molar-refractivity contribution in [1.29, 1.82) is 0 Å². The van der Waals surface area contributed by atoms with Gasteiger partial charge in [-0.1, -0.05) is 62.8 Å². The Hall–Kier alpha value is -0.0969. The van der Waals surface area contributed by atoms with Crippen molar-refractivity contribution in [2.24, 2.45) is 0 Å². The molecule has 2 saturated carbocycles. The van der Waals surface area contributed by atoms with Crippen molar-refractivity contribution in [3.63, 3.8) is 0 Å². The number of benzene rings is 2. The Labute approximate surface area is 201 Å². The van der Waals surface area contributed by atoms with Crippen molar-refractivity contribution in [2.75, 3.05) is 0 Å². The van der Waals surface area contributed by atoms with Gasteiger partial charge in [0.15, 0.2) is 0 Å². The van der Waals surface area contributed by atoms with Crippen LogP contribution in [0, 0.1) is 13.8 Å². The molecule has 0 radical (unpaired) electrons. The summed E-state index contributed by atoms with van der Waals surface area (Å²) in [5.41, 5.74) is 12.7. The van der Waals surface area contributed by atoms with E-state index in [1.165, 1.54) is 75.3 Å². The van der Waals surface area contributed by atoms with E-state index < -0.39 is 20.8 Å². The number of hydrogen-bond acceptors (Lipinski definition) is 0. The topological polar surface area (TPSA) is 0 Å². The summed E-state index contributed by atoms with van der Waals surface area (Å²) in [6.45, 7) is 4.71. The molecule has 3 aliphatic rings. The second kappa shape index (κ2) is 10.7. The van der Waals surface area contributed by atoms with Gasteiger partial charge in [0.05, 0.1) is 0 Å². The molecular formula is C27H34Cl2Zr. The average molecular weight is 521 g/mol. The first kappa shape index (κ1) is 23.1. The van der Waals surface area contributed by atoms with Crippen molar-refractivity contribution in [3.05, 3.63) is 57.6 Å². The molecule has 0 aliphatic heterocycles. The molecule has 0 N–H and O–H groups in total. The molecule has 2 aromatic carbocycles. The van der Waals surface area contributed by atoms with Crippen LogP contribution >= 0.6 is 17.0 Å². The number of rotatable bonds is 2. The molecule has 0 spiro atoms. The Kier molecular flexibility index (Phi) is 8.21.